The largest absolute Gasteiger partial charge is 0.310 e. The summed E-state index contributed by atoms with van der Waals surface area (Å²) in [6.07, 6.45) is 6.30. The van der Waals surface area contributed by atoms with Gasteiger partial charge in [0, 0.05) is 17.4 Å². The molecule has 0 N–H and O–H groups in total. The molecule has 0 atom stereocenters. The van der Waals surface area contributed by atoms with Crippen molar-refractivity contribution in [3.63, 3.8) is 0 Å². The Labute approximate surface area is 132 Å². The van der Waals surface area contributed by atoms with Gasteiger partial charge in [0.05, 0.1) is 5.57 Å². The molecule has 2 aromatic rings. The number of halogens is 1. The Bertz CT molecular complexity index is 707. The SMILES string of the molecule is N#C/C(=C/c1ccc(Br)cc1)c1nnc2n1CCCCC2. The first-order valence-corrected chi connectivity index (χ1v) is 7.87. The summed E-state index contributed by atoms with van der Waals surface area (Å²) in [6, 6.07) is 10.1. The molecule has 0 spiro atoms. The first-order chi connectivity index (χ1) is 10.3. The van der Waals surface area contributed by atoms with Crippen LogP contribution in [0.4, 0.5) is 0 Å². The summed E-state index contributed by atoms with van der Waals surface area (Å²) >= 11 is 3.41. The first kappa shape index (κ1) is 14.0. The number of benzene rings is 1. The van der Waals surface area contributed by atoms with Crippen molar-refractivity contribution in [1.82, 2.24) is 14.8 Å². The van der Waals surface area contributed by atoms with Crippen LogP contribution in [0.2, 0.25) is 0 Å². The molecule has 21 heavy (non-hydrogen) atoms. The first-order valence-electron chi connectivity index (χ1n) is 7.08. The third kappa shape index (κ3) is 3.06. The number of hydrogen-bond donors (Lipinski definition) is 0. The molecule has 4 nitrogen and oxygen atoms in total. The van der Waals surface area contributed by atoms with Gasteiger partial charge in [-0.25, -0.2) is 0 Å². The summed E-state index contributed by atoms with van der Waals surface area (Å²) in [7, 11) is 0. The van der Waals surface area contributed by atoms with Crippen LogP contribution in [0.1, 0.15) is 36.5 Å². The molecule has 0 bridgehead atoms. The molecular weight excluding hydrogens is 328 g/mol. The van der Waals surface area contributed by atoms with Gasteiger partial charge in [0.1, 0.15) is 11.9 Å². The molecule has 0 unspecified atom stereocenters. The van der Waals surface area contributed by atoms with Gasteiger partial charge in [0.25, 0.3) is 0 Å². The predicted octanol–water partition coefficient (Wildman–Crippen LogP) is 3.83. The summed E-state index contributed by atoms with van der Waals surface area (Å²) < 4.78 is 3.12. The maximum Gasteiger partial charge on any atom is 0.174 e. The molecular formula is C16H15BrN4. The van der Waals surface area contributed by atoms with E-state index in [1.54, 1.807) is 0 Å². The van der Waals surface area contributed by atoms with Crippen LogP contribution in [0.25, 0.3) is 11.6 Å². The molecule has 3 rings (SSSR count). The van der Waals surface area contributed by atoms with E-state index in [1.807, 2.05) is 30.3 Å². The molecule has 5 heteroatoms. The van der Waals surface area contributed by atoms with Crippen molar-refractivity contribution < 1.29 is 0 Å². The van der Waals surface area contributed by atoms with Gasteiger partial charge < -0.3 is 4.57 Å². The molecule has 106 valence electrons. The van der Waals surface area contributed by atoms with Gasteiger partial charge in [0.15, 0.2) is 5.82 Å². The zero-order valence-corrected chi connectivity index (χ0v) is 13.2. The Morgan fingerprint density at radius 2 is 2.00 bits per heavy atom. The van der Waals surface area contributed by atoms with Crippen molar-refractivity contribution in [1.29, 1.82) is 5.26 Å². The molecule has 0 aliphatic carbocycles. The van der Waals surface area contributed by atoms with Crippen LogP contribution >= 0.6 is 15.9 Å². The van der Waals surface area contributed by atoms with Gasteiger partial charge in [-0.2, -0.15) is 5.26 Å². The highest BCUT2D eigenvalue weighted by atomic mass is 79.9. The average Bonchev–Trinajstić information content (AvgIpc) is 2.75. The smallest absolute Gasteiger partial charge is 0.174 e. The number of aromatic nitrogens is 3. The van der Waals surface area contributed by atoms with E-state index in [0.29, 0.717) is 11.4 Å². The lowest BCUT2D eigenvalue weighted by molar-refractivity contribution is 0.627. The lowest BCUT2D eigenvalue weighted by atomic mass is 10.1. The average molecular weight is 343 g/mol. The standard InChI is InChI=1S/C16H15BrN4/c17-14-7-5-12(6-8-14)10-13(11-18)16-20-19-15-4-2-1-3-9-21(15)16/h5-8,10H,1-4,9H2/b13-10-. The van der Waals surface area contributed by atoms with Gasteiger partial charge in [-0.15, -0.1) is 10.2 Å². The van der Waals surface area contributed by atoms with Gasteiger partial charge in [-0.05, 0) is 36.6 Å². The summed E-state index contributed by atoms with van der Waals surface area (Å²) in [4.78, 5) is 0. The minimum atomic E-state index is 0.568. The third-order valence-corrected chi connectivity index (χ3v) is 4.18. The fourth-order valence-electron chi connectivity index (χ4n) is 2.56. The fraction of sp³-hybridized carbons (Fsp3) is 0.312. The van der Waals surface area contributed by atoms with Crippen molar-refractivity contribution in [2.24, 2.45) is 0 Å². The highest BCUT2D eigenvalue weighted by molar-refractivity contribution is 9.10. The van der Waals surface area contributed by atoms with E-state index in [9.17, 15) is 5.26 Å². The van der Waals surface area contributed by atoms with Crippen LogP contribution in [0.3, 0.4) is 0 Å². The van der Waals surface area contributed by atoms with E-state index in [2.05, 4.69) is 36.8 Å². The number of allylic oxidation sites excluding steroid dienone is 1. The quantitative estimate of drug-likeness (QED) is 0.779. The van der Waals surface area contributed by atoms with Gasteiger partial charge in [0.2, 0.25) is 0 Å². The molecule has 1 aromatic heterocycles. The Morgan fingerprint density at radius 3 is 2.76 bits per heavy atom. The Balaban J connectivity index is 1.99. The number of hydrogen-bond acceptors (Lipinski definition) is 3. The second kappa shape index (κ2) is 6.23. The maximum atomic E-state index is 9.48. The van der Waals surface area contributed by atoms with Crippen molar-refractivity contribution in [3.8, 4) is 6.07 Å². The number of rotatable bonds is 2. The molecule has 1 aliphatic rings. The van der Waals surface area contributed by atoms with Crippen LogP contribution in [0.5, 0.6) is 0 Å². The van der Waals surface area contributed by atoms with E-state index in [4.69, 9.17) is 0 Å². The van der Waals surface area contributed by atoms with E-state index in [-0.39, 0.29) is 0 Å². The van der Waals surface area contributed by atoms with E-state index in [1.165, 1.54) is 6.42 Å². The predicted molar refractivity (Wildman–Crippen MR) is 85.2 cm³/mol. The molecule has 0 radical (unpaired) electrons. The summed E-state index contributed by atoms with van der Waals surface area (Å²) in [5.41, 5.74) is 1.55. The Kier molecular flexibility index (Phi) is 4.16. The number of nitriles is 1. The second-order valence-corrected chi connectivity index (χ2v) is 6.04. The van der Waals surface area contributed by atoms with Gasteiger partial charge in [-0.1, -0.05) is 34.5 Å². The molecule has 0 saturated carbocycles. The van der Waals surface area contributed by atoms with Gasteiger partial charge in [-0.3, -0.25) is 0 Å². The van der Waals surface area contributed by atoms with E-state index in [0.717, 1.165) is 41.7 Å². The Morgan fingerprint density at radius 1 is 1.19 bits per heavy atom. The third-order valence-electron chi connectivity index (χ3n) is 3.65. The maximum absolute atomic E-state index is 9.48. The highest BCUT2D eigenvalue weighted by Crippen LogP contribution is 2.22. The molecule has 0 amide bonds. The molecule has 0 saturated heterocycles. The van der Waals surface area contributed by atoms with Crippen molar-refractivity contribution >= 4 is 27.6 Å². The van der Waals surface area contributed by atoms with Crippen LogP contribution < -0.4 is 0 Å². The lowest BCUT2D eigenvalue weighted by Gasteiger charge is -2.05. The van der Waals surface area contributed by atoms with Crippen molar-refractivity contribution in [3.05, 3.63) is 46.0 Å². The number of aryl methyl sites for hydroxylation is 1. The summed E-state index contributed by atoms with van der Waals surface area (Å²) in [6.45, 7) is 0.900. The normalized spacial score (nSPS) is 15.1. The minimum Gasteiger partial charge on any atom is -0.310 e. The number of fused-ring (bicyclic) bond motifs is 1. The zero-order valence-electron chi connectivity index (χ0n) is 11.6. The Hall–Kier alpha value is -1.93. The number of nitrogens with zero attached hydrogens (tertiary/aromatic N) is 4. The highest BCUT2D eigenvalue weighted by Gasteiger charge is 2.17. The van der Waals surface area contributed by atoms with E-state index < -0.39 is 0 Å². The summed E-state index contributed by atoms with van der Waals surface area (Å²) in [5.74, 6) is 1.69. The van der Waals surface area contributed by atoms with Crippen molar-refractivity contribution in [2.75, 3.05) is 0 Å². The van der Waals surface area contributed by atoms with Crippen molar-refractivity contribution in [2.45, 2.75) is 32.2 Å². The van der Waals surface area contributed by atoms with Crippen LogP contribution in [-0.4, -0.2) is 14.8 Å². The molecule has 0 fully saturated rings. The second-order valence-electron chi connectivity index (χ2n) is 5.12. The van der Waals surface area contributed by atoms with Gasteiger partial charge >= 0.3 is 0 Å². The minimum absolute atomic E-state index is 0.568. The summed E-state index contributed by atoms with van der Waals surface area (Å²) in [5, 5.41) is 18.0. The van der Waals surface area contributed by atoms with Crippen LogP contribution in [0, 0.1) is 11.3 Å². The van der Waals surface area contributed by atoms with E-state index >= 15 is 0 Å². The zero-order chi connectivity index (χ0) is 14.7. The molecule has 1 aliphatic heterocycles. The van der Waals surface area contributed by atoms with Crippen LogP contribution in [-0.2, 0) is 13.0 Å². The molecule has 2 heterocycles. The monoisotopic (exact) mass is 342 g/mol. The lowest BCUT2D eigenvalue weighted by Crippen LogP contribution is -2.05. The fourth-order valence-corrected chi connectivity index (χ4v) is 2.82. The molecule has 1 aromatic carbocycles. The van der Waals surface area contributed by atoms with Crippen LogP contribution in [0.15, 0.2) is 28.7 Å². The topological polar surface area (TPSA) is 54.5 Å².